The number of aromatic nitrogens is 1. The molecule has 0 spiro atoms. The zero-order chi connectivity index (χ0) is 25.0. The molecule has 1 aromatic heterocycles. The number of rotatable bonds is 8. The van der Waals surface area contributed by atoms with Crippen molar-refractivity contribution in [2.75, 3.05) is 6.54 Å². The summed E-state index contributed by atoms with van der Waals surface area (Å²) in [5.41, 5.74) is 5.48. The molecule has 1 aromatic carbocycles. The highest BCUT2D eigenvalue weighted by atomic mass is 19.1. The van der Waals surface area contributed by atoms with E-state index >= 15 is 0 Å². The second-order valence-corrected chi connectivity index (χ2v) is 10.0. The van der Waals surface area contributed by atoms with Crippen LogP contribution in [0.5, 0.6) is 0 Å². The molecule has 2 heterocycles. The van der Waals surface area contributed by atoms with Crippen molar-refractivity contribution in [2.45, 2.75) is 58.5 Å². The van der Waals surface area contributed by atoms with E-state index in [1.165, 1.54) is 12.1 Å². The largest absolute Gasteiger partial charge is 0.368 e. The second-order valence-electron chi connectivity index (χ2n) is 10.0. The summed E-state index contributed by atoms with van der Waals surface area (Å²) in [7, 11) is 0. The molecular formula is C24H32FN5O4. The number of nitrogens with one attached hydrogen (secondary N) is 4. The number of carbonyl (C=O) groups excluding carboxylic acids is 4. The van der Waals surface area contributed by atoms with Crippen LogP contribution in [0.25, 0.3) is 10.9 Å². The molecule has 6 N–H and O–H groups in total. The summed E-state index contributed by atoms with van der Waals surface area (Å²) in [5, 5.41) is 8.59. The van der Waals surface area contributed by atoms with E-state index in [9.17, 15) is 23.6 Å². The lowest BCUT2D eigenvalue weighted by molar-refractivity contribution is -0.131. The van der Waals surface area contributed by atoms with Gasteiger partial charge in [-0.1, -0.05) is 32.9 Å². The van der Waals surface area contributed by atoms with Crippen LogP contribution >= 0.6 is 0 Å². The number of nitrogens with two attached hydrogens (primary N) is 1. The number of piperidine rings is 1. The van der Waals surface area contributed by atoms with Crippen LogP contribution in [0.2, 0.25) is 0 Å². The highest BCUT2D eigenvalue weighted by molar-refractivity contribution is 6.00. The van der Waals surface area contributed by atoms with Crippen LogP contribution < -0.4 is 21.7 Å². The molecule has 0 saturated carbocycles. The summed E-state index contributed by atoms with van der Waals surface area (Å²) >= 11 is 0. The Morgan fingerprint density at radius 2 is 1.94 bits per heavy atom. The summed E-state index contributed by atoms with van der Waals surface area (Å²) in [6, 6.07) is 3.97. The van der Waals surface area contributed by atoms with E-state index in [-0.39, 0.29) is 35.4 Å². The third-order valence-corrected chi connectivity index (χ3v) is 5.87. The van der Waals surface area contributed by atoms with Gasteiger partial charge in [-0.3, -0.25) is 19.2 Å². The van der Waals surface area contributed by atoms with Gasteiger partial charge in [0.1, 0.15) is 23.6 Å². The van der Waals surface area contributed by atoms with Crippen LogP contribution in [0, 0.1) is 17.2 Å². The first-order valence-corrected chi connectivity index (χ1v) is 11.4. The first-order valence-electron chi connectivity index (χ1n) is 11.4. The van der Waals surface area contributed by atoms with E-state index < -0.39 is 41.5 Å². The summed E-state index contributed by atoms with van der Waals surface area (Å²) in [4.78, 5) is 53.0. The monoisotopic (exact) mass is 473 g/mol. The Bertz CT molecular complexity index is 1090. The molecule has 0 bridgehead atoms. The van der Waals surface area contributed by atoms with E-state index in [1.807, 2.05) is 20.8 Å². The summed E-state index contributed by atoms with van der Waals surface area (Å²) in [5.74, 6) is -3.00. The van der Waals surface area contributed by atoms with Gasteiger partial charge in [-0.2, -0.15) is 0 Å². The molecule has 10 heteroatoms. The average Bonchev–Trinajstić information content (AvgIpc) is 3.19. The van der Waals surface area contributed by atoms with Gasteiger partial charge in [0.15, 0.2) is 0 Å². The van der Waals surface area contributed by atoms with Crippen LogP contribution in [-0.2, 0) is 14.4 Å². The number of hydrogen-bond acceptors (Lipinski definition) is 4. The number of primary amides is 1. The van der Waals surface area contributed by atoms with Crippen LogP contribution in [-0.4, -0.2) is 47.2 Å². The summed E-state index contributed by atoms with van der Waals surface area (Å²) < 4.78 is 14.0. The second kappa shape index (κ2) is 10.2. The van der Waals surface area contributed by atoms with Gasteiger partial charge in [0.25, 0.3) is 5.91 Å². The Morgan fingerprint density at radius 1 is 1.21 bits per heavy atom. The Morgan fingerprint density at radius 3 is 2.56 bits per heavy atom. The summed E-state index contributed by atoms with van der Waals surface area (Å²) in [6.07, 6.45) is 1.74. The molecule has 4 amide bonds. The molecule has 0 radical (unpaired) electrons. The number of halogens is 1. The van der Waals surface area contributed by atoms with Gasteiger partial charge in [-0.25, -0.2) is 4.39 Å². The van der Waals surface area contributed by atoms with Crippen molar-refractivity contribution in [1.29, 1.82) is 0 Å². The fourth-order valence-corrected chi connectivity index (χ4v) is 4.16. The number of benzene rings is 1. The molecule has 0 aliphatic carbocycles. The maximum absolute atomic E-state index is 14.0. The Labute approximate surface area is 197 Å². The van der Waals surface area contributed by atoms with E-state index in [0.29, 0.717) is 18.4 Å². The van der Waals surface area contributed by atoms with E-state index in [0.717, 1.165) is 6.42 Å². The van der Waals surface area contributed by atoms with E-state index in [1.54, 1.807) is 12.1 Å². The molecule has 1 aliphatic rings. The van der Waals surface area contributed by atoms with Crippen molar-refractivity contribution in [3.63, 3.8) is 0 Å². The summed E-state index contributed by atoms with van der Waals surface area (Å²) in [6.45, 7) is 6.32. The topological polar surface area (TPSA) is 146 Å². The number of hydrogen-bond donors (Lipinski definition) is 5. The predicted octanol–water partition coefficient (Wildman–Crippen LogP) is 1.73. The molecule has 34 heavy (non-hydrogen) atoms. The quantitative estimate of drug-likeness (QED) is 0.397. The Kier molecular flexibility index (Phi) is 7.58. The van der Waals surface area contributed by atoms with Gasteiger partial charge < -0.3 is 26.7 Å². The van der Waals surface area contributed by atoms with Gasteiger partial charge in [0.2, 0.25) is 17.7 Å². The number of fused-ring (bicyclic) bond motifs is 1. The van der Waals surface area contributed by atoms with Crippen LogP contribution in [0.3, 0.4) is 0 Å². The highest BCUT2D eigenvalue weighted by Gasteiger charge is 2.33. The van der Waals surface area contributed by atoms with Crippen LogP contribution in [0.15, 0.2) is 24.3 Å². The molecule has 3 atom stereocenters. The van der Waals surface area contributed by atoms with Crippen molar-refractivity contribution < 1.29 is 23.6 Å². The third-order valence-electron chi connectivity index (χ3n) is 5.87. The number of aromatic amines is 1. The Balaban J connectivity index is 1.76. The molecule has 184 valence electrons. The first kappa shape index (κ1) is 25.2. The first-order chi connectivity index (χ1) is 15.9. The standard InChI is InChI=1S/C24H32FN5O4/c1-24(2,3)12-18(30-22(33)17-10-13-6-4-8-15(25)19(13)28-17)23(34)29-16(20(26)31)11-14-7-5-9-27-21(14)32/h4,6,8,10,14,16,18,28H,5,7,9,11-12H2,1-3H3,(H2,26,31)(H,27,32)(H,29,34)(H,30,33)/t14-,16?,18?/m0/s1. The van der Waals surface area contributed by atoms with Crippen LogP contribution in [0.1, 0.15) is 56.9 Å². The minimum absolute atomic E-state index is 0.0877. The average molecular weight is 474 g/mol. The van der Waals surface area contributed by atoms with Crippen molar-refractivity contribution in [3.8, 4) is 0 Å². The maximum atomic E-state index is 14.0. The van der Waals surface area contributed by atoms with Crippen LogP contribution in [0.4, 0.5) is 4.39 Å². The molecule has 1 fully saturated rings. The van der Waals surface area contributed by atoms with Gasteiger partial charge >= 0.3 is 0 Å². The van der Waals surface area contributed by atoms with Crippen molar-refractivity contribution in [2.24, 2.45) is 17.1 Å². The molecule has 3 rings (SSSR count). The maximum Gasteiger partial charge on any atom is 0.268 e. The SMILES string of the molecule is CC(C)(C)CC(NC(=O)c1cc2cccc(F)c2[nH]1)C(=O)NC(C[C@@H]1CCCNC1=O)C(N)=O. The lowest BCUT2D eigenvalue weighted by Crippen LogP contribution is -2.55. The number of para-hydroxylation sites is 1. The van der Waals surface area contributed by atoms with Crippen molar-refractivity contribution >= 4 is 34.5 Å². The van der Waals surface area contributed by atoms with Gasteiger partial charge in [-0.05, 0) is 43.2 Å². The zero-order valence-corrected chi connectivity index (χ0v) is 19.7. The molecule has 1 aliphatic heterocycles. The molecule has 2 aromatic rings. The Hall–Kier alpha value is -3.43. The molecule has 1 saturated heterocycles. The fraction of sp³-hybridized carbons (Fsp3) is 0.500. The van der Waals surface area contributed by atoms with Gasteiger partial charge in [-0.15, -0.1) is 0 Å². The number of amides is 4. The zero-order valence-electron chi connectivity index (χ0n) is 19.7. The molecular weight excluding hydrogens is 441 g/mol. The van der Waals surface area contributed by atoms with Crippen molar-refractivity contribution in [1.82, 2.24) is 20.9 Å². The minimum atomic E-state index is -1.05. The molecule has 2 unspecified atom stereocenters. The normalized spacial score (nSPS) is 18.1. The van der Waals surface area contributed by atoms with Crippen molar-refractivity contribution in [3.05, 3.63) is 35.8 Å². The lowest BCUT2D eigenvalue weighted by Gasteiger charge is -2.29. The highest BCUT2D eigenvalue weighted by Crippen LogP contribution is 2.23. The predicted molar refractivity (Wildman–Crippen MR) is 125 cm³/mol. The van der Waals surface area contributed by atoms with Gasteiger partial charge in [0, 0.05) is 17.8 Å². The smallest absolute Gasteiger partial charge is 0.268 e. The third kappa shape index (κ3) is 6.33. The van der Waals surface area contributed by atoms with E-state index in [2.05, 4.69) is 20.9 Å². The minimum Gasteiger partial charge on any atom is -0.368 e. The number of H-pyrrole nitrogens is 1. The number of carbonyl (C=O) groups is 4. The molecule has 9 nitrogen and oxygen atoms in total. The fourth-order valence-electron chi connectivity index (χ4n) is 4.16. The van der Waals surface area contributed by atoms with Gasteiger partial charge in [0.05, 0.1) is 5.52 Å². The lowest BCUT2D eigenvalue weighted by atomic mass is 9.87. The van der Waals surface area contributed by atoms with E-state index in [4.69, 9.17) is 5.73 Å².